The van der Waals surface area contributed by atoms with E-state index in [9.17, 15) is 19.5 Å². The Morgan fingerprint density at radius 3 is 2.10 bits per heavy atom. The van der Waals surface area contributed by atoms with Crippen molar-refractivity contribution in [1.82, 2.24) is 10.2 Å². The average Bonchev–Trinajstić information content (AvgIpc) is 2.98. The second-order valence-electron chi connectivity index (χ2n) is 11.2. The van der Waals surface area contributed by atoms with E-state index in [-0.39, 0.29) is 26.0 Å². The van der Waals surface area contributed by atoms with E-state index >= 15 is 0 Å². The Morgan fingerprint density at radius 2 is 1.50 bits per heavy atom. The maximum Gasteiger partial charge on any atom is 0.411 e. The van der Waals surface area contributed by atoms with Gasteiger partial charge in [0.1, 0.15) is 24.3 Å². The molecule has 0 spiro atoms. The summed E-state index contributed by atoms with van der Waals surface area (Å²) in [6.07, 6.45) is -2.90. The van der Waals surface area contributed by atoms with Crippen molar-refractivity contribution in [2.24, 2.45) is 0 Å². The van der Waals surface area contributed by atoms with Crippen LogP contribution in [0, 0.1) is 0 Å². The Hall–Kier alpha value is -4.37. The van der Waals surface area contributed by atoms with Gasteiger partial charge in [0.15, 0.2) is 6.10 Å². The molecule has 0 aliphatic carbocycles. The van der Waals surface area contributed by atoms with Crippen molar-refractivity contribution in [3.63, 3.8) is 0 Å². The van der Waals surface area contributed by atoms with Gasteiger partial charge >= 0.3 is 18.2 Å². The number of ether oxygens (including phenoxy) is 3. The van der Waals surface area contributed by atoms with Crippen molar-refractivity contribution in [2.45, 2.75) is 70.1 Å². The number of carbonyl (C=O) groups is 3. The minimum absolute atomic E-state index is 0.0257. The predicted octanol–water partition coefficient (Wildman–Crippen LogP) is 5.70. The van der Waals surface area contributed by atoms with Gasteiger partial charge in [-0.15, -0.1) is 0 Å². The van der Waals surface area contributed by atoms with E-state index in [0.717, 1.165) is 16.7 Å². The Balaban J connectivity index is 1.59. The number of hydrogen-bond acceptors (Lipinski definition) is 7. The number of amides is 2. The zero-order valence-electron chi connectivity index (χ0n) is 24.1. The van der Waals surface area contributed by atoms with E-state index in [1.165, 1.54) is 4.90 Å². The van der Waals surface area contributed by atoms with Gasteiger partial charge in [-0.25, -0.2) is 14.4 Å². The molecule has 3 aromatic carbocycles. The number of aliphatic hydroxyl groups is 1. The number of carbonyl (C=O) groups excluding carboxylic acids is 3. The maximum atomic E-state index is 13.8. The highest BCUT2D eigenvalue weighted by atomic mass is 16.6. The number of cyclic esters (lactones) is 1. The first kappa shape index (κ1) is 30.6. The van der Waals surface area contributed by atoms with E-state index in [1.54, 1.807) is 20.8 Å². The Bertz CT molecular complexity index is 1310. The van der Waals surface area contributed by atoms with Gasteiger partial charge in [-0.05, 0) is 50.3 Å². The third-order valence-electron chi connectivity index (χ3n) is 6.78. The number of morpholine rings is 1. The molecule has 2 N–H and O–H groups in total. The first-order chi connectivity index (χ1) is 20.1. The minimum atomic E-state index is -1.03. The van der Waals surface area contributed by atoms with Gasteiger partial charge in [0, 0.05) is 6.54 Å². The van der Waals surface area contributed by atoms with Crippen LogP contribution in [0.5, 0.6) is 0 Å². The van der Waals surface area contributed by atoms with Gasteiger partial charge < -0.3 is 24.6 Å². The number of nitrogens with one attached hydrogen (secondary N) is 1. The normalized spacial score (nSPS) is 19.4. The Kier molecular flexibility index (Phi) is 10.2. The van der Waals surface area contributed by atoms with Gasteiger partial charge in [0.2, 0.25) is 0 Å². The molecular formula is C33H38N2O7. The molecule has 9 heteroatoms. The molecule has 3 aromatic rings. The molecule has 1 saturated heterocycles. The van der Waals surface area contributed by atoms with Gasteiger partial charge in [-0.1, -0.05) is 91.0 Å². The molecule has 1 aliphatic rings. The number of hydrogen-bond donors (Lipinski definition) is 2. The molecule has 42 heavy (non-hydrogen) atoms. The fourth-order valence-electron chi connectivity index (χ4n) is 4.86. The average molecular weight is 575 g/mol. The lowest BCUT2D eigenvalue weighted by Gasteiger charge is -2.44. The number of esters is 1. The lowest BCUT2D eigenvalue weighted by atomic mass is 9.90. The molecule has 1 aliphatic heterocycles. The van der Waals surface area contributed by atoms with Crippen molar-refractivity contribution >= 4 is 18.2 Å². The van der Waals surface area contributed by atoms with Crippen molar-refractivity contribution in [3.05, 3.63) is 108 Å². The lowest BCUT2D eigenvalue weighted by Crippen LogP contribution is -2.54. The lowest BCUT2D eigenvalue weighted by molar-refractivity contribution is -0.174. The SMILES string of the molecule is CC(C)(C)OC(=O)NC[C@H](O)CC[C@H]1C(=O)O[C@H](c2ccccc2)[C@H](c2ccccc2)N1C(=O)OCc1ccccc1. The molecule has 0 saturated carbocycles. The highest BCUT2D eigenvalue weighted by Crippen LogP contribution is 2.43. The summed E-state index contributed by atoms with van der Waals surface area (Å²) in [4.78, 5) is 40.9. The quantitative estimate of drug-likeness (QED) is 0.249. The Morgan fingerprint density at radius 1 is 0.929 bits per heavy atom. The summed E-state index contributed by atoms with van der Waals surface area (Å²) in [6, 6.07) is 26.2. The molecule has 2 amide bonds. The van der Waals surface area contributed by atoms with Gasteiger partial charge in [0.05, 0.1) is 6.10 Å². The molecule has 0 bridgehead atoms. The number of alkyl carbamates (subject to hydrolysis) is 1. The van der Waals surface area contributed by atoms with Crippen molar-refractivity contribution in [2.75, 3.05) is 6.54 Å². The van der Waals surface area contributed by atoms with Crippen LogP contribution in [0.1, 0.15) is 62.4 Å². The zero-order chi connectivity index (χ0) is 30.1. The monoisotopic (exact) mass is 574 g/mol. The Labute approximate surface area is 246 Å². The van der Waals surface area contributed by atoms with Crippen molar-refractivity contribution in [1.29, 1.82) is 0 Å². The highest BCUT2D eigenvalue weighted by Gasteiger charge is 2.48. The van der Waals surface area contributed by atoms with Gasteiger partial charge in [-0.2, -0.15) is 0 Å². The third-order valence-corrected chi connectivity index (χ3v) is 6.78. The number of benzene rings is 3. The number of rotatable bonds is 9. The second-order valence-corrected chi connectivity index (χ2v) is 11.2. The van der Waals surface area contributed by atoms with Crippen LogP contribution in [0.4, 0.5) is 9.59 Å². The number of nitrogens with zero attached hydrogens (tertiary/aromatic N) is 1. The molecule has 0 unspecified atom stereocenters. The first-order valence-corrected chi connectivity index (χ1v) is 14.1. The molecular weight excluding hydrogens is 536 g/mol. The topological polar surface area (TPSA) is 114 Å². The largest absolute Gasteiger partial charge is 0.453 e. The third kappa shape index (κ3) is 8.33. The number of aliphatic hydroxyl groups excluding tert-OH is 1. The summed E-state index contributed by atoms with van der Waals surface area (Å²) in [6.45, 7) is 5.18. The summed E-state index contributed by atoms with van der Waals surface area (Å²) in [7, 11) is 0. The zero-order valence-corrected chi connectivity index (χ0v) is 24.1. The molecule has 0 aromatic heterocycles. The van der Waals surface area contributed by atoms with E-state index in [2.05, 4.69) is 5.32 Å². The molecule has 1 heterocycles. The van der Waals surface area contributed by atoms with Crippen LogP contribution in [0.2, 0.25) is 0 Å². The molecule has 1 fully saturated rings. The summed E-state index contributed by atoms with van der Waals surface area (Å²) < 4.78 is 17.0. The standard InChI is InChI=1S/C33H38N2O7/c1-33(2,3)42-31(38)34-21-26(36)19-20-27-30(37)41-29(25-17-11-6-12-18-25)28(24-15-9-5-10-16-24)35(27)32(39)40-22-23-13-7-4-8-14-23/h4-18,26-29,36H,19-22H2,1-3H3,(H,34,38)/t26-,27+,28+,29-/m1/s1. The predicted molar refractivity (Wildman–Crippen MR) is 156 cm³/mol. The van der Waals surface area contributed by atoms with E-state index in [1.807, 2.05) is 91.0 Å². The van der Waals surface area contributed by atoms with Crippen LogP contribution in [0.15, 0.2) is 91.0 Å². The van der Waals surface area contributed by atoms with Crippen LogP contribution in [-0.2, 0) is 25.6 Å². The summed E-state index contributed by atoms with van der Waals surface area (Å²) >= 11 is 0. The molecule has 0 radical (unpaired) electrons. The summed E-state index contributed by atoms with van der Waals surface area (Å²) in [5.74, 6) is -0.597. The second kappa shape index (κ2) is 14.0. The van der Waals surface area contributed by atoms with Crippen LogP contribution in [-0.4, -0.2) is 52.5 Å². The van der Waals surface area contributed by atoms with Crippen LogP contribution in [0.25, 0.3) is 0 Å². The smallest absolute Gasteiger partial charge is 0.411 e. The summed E-state index contributed by atoms with van der Waals surface area (Å²) in [5, 5.41) is 13.2. The van der Waals surface area contributed by atoms with E-state index in [0.29, 0.717) is 0 Å². The van der Waals surface area contributed by atoms with E-state index in [4.69, 9.17) is 14.2 Å². The maximum absolute atomic E-state index is 13.8. The van der Waals surface area contributed by atoms with Gasteiger partial charge in [-0.3, -0.25) is 4.90 Å². The first-order valence-electron chi connectivity index (χ1n) is 14.1. The molecule has 4 atom stereocenters. The van der Waals surface area contributed by atoms with Crippen LogP contribution >= 0.6 is 0 Å². The van der Waals surface area contributed by atoms with Crippen molar-refractivity contribution < 1.29 is 33.7 Å². The summed E-state index contributed by atoms with van der Waals surface area (Å²) in [5.41, 5.74) is 1.64. The molecule has 9 nitrogen and oxygen atoms in total. The fraction of sp³-hybridized carbons (Fsp3) is 0.364. The highest BCUT2D eigenvalue weighted by molar-refractivity contribution is 5.83. The molecule has 222 valence electrons. The van der Waals surface area contributed by atoms with Crippen LogP contribution in [0.3, 0.4) is 0 Å². The fourth-order valence-corrected chi connectivity index (χ4v) is 4.86. The molecule has 4 rings (SSSR count). The van der Waals surface area contributed by atoms with Crippen LogP contribution < -0.4 is 5.32 Å². The van der Waals surface area contributed by atoms with Gasteiger partial charge in [0.25, 0.3) is 0 Å². The van der Waals surface area contributed by atoms with E-state index < -0.39 is 48.0 Å². The van der Waals surface area contributed by atoms with Crippen molar-refractivity contribution in [3.8, 4) is 0 Å². The minimum Gasteiger partial charge on any atom is -0.453 e.